The Morgan fingerprint density at radius 1 is 1.18 bits per heavy atom. The van der Waals surface area contributed by atoms with E-state index < -0.39 is 11.8 Å². The van der Waals surface area contributed by atoms with Gasteiger partial charge in [0.2, 0.25) is 0 Å². The summed E-state index contributed by atoms with van der Waals surface area (Å²) < 4.78 is 13.0. The van der Waals surface area contributed by atoms with E-state index in [1.165, 1.54) is 6.92 Å². The summed E-state index contributed by atoms with van der Waals surface area (Å²) in [5.74, 6) is -1.24. The molecule has 0 N–H and O–H groups in total. The van der Waals surface area contributed by atoms with Crippen molar-refractivity contribution < 1.29 is 145 Å². The molecule has 1 aromatic rings. The zero-order chi connectivity index (χ0) is 8.27. The van der Waals surface area contributed by atoms with E-state index in [-0.39, 0.29) is 139 Å². The molecule has 11 heteroatoms. The van der Waals surface area contributed by atoms with Crippen molar-refractivity contribution in [2.45, 2.75) is 13.5 Å². The molecule has 0 radical (unpaired) electrons. The second kappa shape index (κ2) is 20.9. The molecule has 0 saturated heterocycles. The van der Waals surface area contributed by atoms with Gasteiger partial charge in [0, 0.05) is 133 Å². The maximum Gasteiger partial charge on any atom is 0.345 e. The van der Waals surface area contributed by atoms with E-state index in [0.29, 0.717) is 0 Å². The average molecular weight is 1260 g/mol. The van der Waals surface area contributed by atoms with Crippen LogP contribution in [0.3, 0.4) is 0 Å². The number of carbonyl (C=O) groups excluding carboxylic acids is 1. The molecule has 1 heterocycles. The third-order valence-corrected chi connectivity index (χ3v) is 0.861. The number of hydrogen-bond acceptors (Lipinski definition) is 5. The third-order valence-electron chi connectivity index (χ3n) is 0.861. The molecular formula is C6H5O5W6-. The van der Waals surface area contributed by atoms with Crippen molar-refractivity contribution in [2.75, 3.05) is 0 Å². The van der Waals surface area contributed by atoms with Gasteiger partial charge < -0.3 is 18.4 Å². The van der Waals surface area contributed by atoms with Crippen LogP contribution in [0.15, 0.2) is 13.6 Å². The first-order chi connectivity index (χ1) is 5.18. The Kier molecular flexibility index (Phi) is 45.1. The largest absolute Gasteiger partial charge is 0.584 e. The molecular weight excluding hydrogens is 1260 g/mol. The number of rotatable bonds is 2. The molecule has 0 aliphatic carbocycles. The van der Waals surface area contributed by atoms with Crippen molar-refractivity contribution in [1.29, 1.82) is 0 Å². The van der Waals surface area contributed by atoms with Crippen molar-refractivity contribution >= 4 is 5.97 Å². The van der Waals surface area contributed by atoms with Crippen LogP contribution in [0.5, 0.6) is 0 Å². The van der Waals surface area contributed by atoms with Crippen molar-refractivity contribution in [3.63, 3.8) is 0 Å². The standard InChI is InChI=1S/C6H5O5.6W/c1-4(7)9-2-5-3-10-6(8)11-5;;;;;;/h2H2,1H3;;;;;;/q-1;;;;;;. The molecule has 0 saturated carbocycles. The Morgan fingerprint density at radius 3 is 1.94 bits per heavy atom. The molecule has 1 rings (SSSR count). The van der Waals surface area contributed by atoms with Gasteiger partial charge in [-0.05, 0) is 6.26 Å². The first kappa shape index (κ1) is 36.7. The first-order valence-electron chi connectivity index (χ1n) is 2.82. The summed E-state index contributed by atoms with van der Waals surface area (Å²) in [5, 5.41) is 0. The Morgan fingerprint density at radius 2 is 1.65 bits per heavy atom. The fourth-order valence-electron chi connectivity index (χ4n) is 0.467. The number of hydrogen-bond donors (Lipinski definition) is 0. The molecule has 0 bridgehead atoms. The van der Waals surface area contributed by atoms with Gasteiger partial charge in [0.15, 0.2) is 0 Å². The fourth-order valence-corrected chi connectivity index (χ4v) is 0.467. The van der Waals surface area contributed by atoms with Gasteiger partial charge in [-0.25, -0.2) is 0 Å². The van der Waals surface area contributed by atoms with Crippen LogP contribution in [0.1, 0.15) is 12.7 Å². The molecule has 0 aliphatic rings. The molecule has 0 amide bonds. The van der Waals surface area contributed by atoms with Gasteiger partial charge in [-0.1, -0.05) is 0 Å². The van der Waals surface area contributed by atoms with Crippen LogP contribution in [-0.2, 0) is 143 Å². The number of carbonyl (C=O) groups is 1. The molecule has 0 aromatic carbocycles. The third kappa shape index (κ3) is 18.6. The average Bonchev–Trinajstić information content (AvgIpc) is 2.31. The minimum Gasteiger partial charge on any atom is -0.584 e. The van der Waals surface area contributed by atoms with E-state index in [4.69, 9.17) is 0 Å². The fraction of sp³-hybridized carbons (Fsp3) is 0.333. The monoisotopic (exact) mass is 1260 g/mol. The molecule has 5 nitrogen and oxygen atoms in total. The summed E-state index contributed by atoms with van der Waals surface area (Å²) >= 11 is 0. The van der Waals surface area contributed by atoms with Gasteiger partial charge in [0.1, 0.15) is 6.61 Å². The molecule has 96 valence electrons. The van der Waals surface area contributed by atoms with Crippen molar-refractivity contribution in [3.05, 3.63) is 22.6 Å². The van der Waals surface area contributed by atoms with Crippen molar-refractivity contribution in [2.24, 2.45) is 0 Å². The van der Waals surface area contributed by atoms with E-state index in [1.807, 2.05) is 0 Å². The summed E-state index contributed by atoms with van der Waals surface area (Å²) in [5.41, 5.74) is 0. The molecule has 17 heavy (non-hydrogen) atoms. The van der Waals surface area contributed by atoms with Crippen LogP contribution in [0, 0.1) is 6.26 Å². The van der Waals surface area contributed by atoms with Gasteiger partial charge >= 0.3 is 11.8 Å². The molecule has 1 aromatic heterocycles. The number of esters is 1. The Hall–Kier alpha value is 2.61. The Bertz CT molecular complexity index is 310. The van der Waals surface area contributed by atoms with E-state index in [9.17, 15) is 9.59 Å². The normalized spacial score (nSPS) is 6.18. The Labute approximate surface area is 184 Å². The molecule has 0 spiro atoms. The van der Waals surface area contributed by atoms with Crippen molar-refractivity contribution in [1.82, 2.24) is 0 Å². The minimum absolute atomic E-state index is 0. The quantitative estimate of drug-likeness (QED) is 0.311. The van der Waals surface area contributed by atoms with E-state index in [1.54, 1.807) is 0 Å². The van der Waals surface area contributed by atoms with Gasteiger partial charge in [-0.3, -0.25) is 4.79 Å². The Balaban J connectivity index is -0.0000000504. The van der Waals surface area contributed by atoms with E-state index in [0.717, 1.165) is 0 Å². The maximum atomic E-state index is 10.2. The molecule has 0 fully saturated rings. The van der Waals surface area contributed by atoms with Crippen molar-refractivity contribution in [3.8, 4) is 0 Å². The topological polar surface area (TPSA) is 69.7 Å². The van der Waals surface area contributed by atoms with E-state index in [2.05, 4.69) is 19.8 Å². The first-order valence-corrected chi connectivity index (χ1v) is 2.82. The second-order valence-electron chi connectivity index (χ2n) is 1.76. The van der Waals surface area contributed by atoms with Crippen LogP contribution >= 0.6 is 0 Å². The van der Waals surface area contributed by atoms with Crippen LogP contribution in [-0.4, -0.2) is 5.97 Å². The predicted molar refractivity (Wildman–Crippen MR) is 31.5 cm³/mol. The van der Waals surface area contributed by atoms with Gasteiger partial charge in [-0.15, -0.1) is 0 Å². The summed E-state index contributed by atoms with van der Waals surface area (Å²) in [7, 11) is 0. The zero-order valence-electron chi connectivity index (χ0n) is 8.20. The predicted octanol–water partition coefficient (Wildman–Crippen LogP) is 0.0811. The maximum absolute atomic E-state index is 10.2. The van der Waals surface area contributed by atoms with Crippen LogP contribution in [0.25, 0.3) is 0 Å². The molecule has 0 unspecified atom stereocenters. The van der Waals surface area contributed by atoms with Crippen LogP contribution in [0.4, 0.5) is 0 Å². The molecule has 0 atom stereocenters. The zero-order valence-corrected chi connectivity index (χ0v) is 25.8. The smallest absolute Gasteiger partial charge is 0.345 e. The summed E-state index contributed by atoms with van der Waals surface area (Å²) in [6.07, 6.45) is 2.13. The van der Waals surface area contributed by atoms with Gasteiger partial charge in [0.05, 0.1) is 5.76 Å². The number of ether oxygens (including phenoxy) is 1. The van der Waals surface area contributed by atoms with E-state index >= 15 is 0 Å². The summed E-state index contributed by atoms with van der Waals surface area (Å²) in [6, 6.07) is 0. The second-order valence-corrected chi connectivity index (χ2v) is 1.76. The van der Waals surface area contributed by atoms with Crippen LogP contribution < -0.4 is 5.82 Å². The SMILES string of the molecule is CC(=O)OCc1[c-]oc(=O)o1.[W].[W].[W].[W].[W].[W]. The van der Waals surface area contributed by atoms with Gasteiger partial charge in [-0.2, -0.15) is 0 Å². The summed E-state index contributed by atoms with van der Waals surface area (Å²) in [4.78, 5) is 20.5. The molecule has 0 aliphatic heterocycles. The van der Waals surface area contributed by atoms with Gasteiger partial charge in [0.25, 0.3) is 0 Å². The summed E-state index contributed by atoms with van der Waals surface area (Å²) in [6.45, 7) is 1.12. The minimum atomic E-state index is -0.854. The van der Waals surface area contributed by atoms with Crippen LogP contribution in [0.2, 0.25) is 0 Å².